The van der Waals surface area contributed by atoms with Crippen LogP contribution < -0.4 is 4.74 Å². The van der Waals surface area contributed by atoms with Gasteiger partial charge in [0, 0.05) is 16.5 Å². The number of rotatable bonds is 1. The van der Waals surface area contributed by atoms with Gasteiger partial charge in [-0.1, -0.05) is 115 Å². The molecular formula is C47H36O. The molecule has 6 aromatic rings. The minimum Gasteiger partial charge on any atom is -0.457 e. The van der Waals surface area contributed by atoms with Crippen LogP contribution in [0.15, 0.2) is 133 Å². The summed E-state index contributed by atoms with van der Waals surface area (Å²) in [4.78, 5) is 0. The summed E-state index contributed by atoms with van der Waals surface area (Å²) in [7, 11) is 0. The number of benzene rings is 6. The SMILES string of the molecule is c1ccc2c(c1)Oc1ccc(-c3cccc4c3-c3ccccc3C43c4ccccc4-c4ccccc43)cc1C21C2CC3CC(C2)CC1C3. The second-order valence-electron chi connectivity index (χ2n) is 15.6. The van der Waals surface area contributed by atoms with Crippen LogP contribution in [0.1, 0.15) is 65.5 Å². The first kappa shape index (κ1) is 26.1. The van der Waals surface area contributed by atoms with Crippen molar-refractivity contribution >= 4 is 0 Å². The van der Waals surface area contributed by atoms with Crippen molar-refractivity contribution in [1.82, 2.24) is 0 Å². The fraction of sp³-hybridized carbons (Fsp3) is 0.234. The van der Waals surface area contributed by atoms with E-state index in [9.17, 15) is 0 Å². The van der Waals surface area contributed by atoms with Crippen molar-refractivity contribution < 1.29 is 4.74 Å². The topological polar surface area (TPSA) is 9.23 Å². The highest BCUT2D eigenvalue weighted by atomic mass is 16.5. The summed E-state index contributed by atoms with van der Waals surface area (Å²) in [6.07, 6.45) is 6.90. The Balaban J connectivity index is 1.12. The molecule has 0 N–H and O–H groups in total. The maximum atomic E-state index is 6.80. The highest BCUT2D eigenvalue weighted by Gasteiger charge is 2.61. The number of fused-ring (bicyclic) bond motifs is 12. The second-order valence-corrected chi connectivity index (χ2v) is 15.6. The Morgan fingerprint density at radius 1 is 0.417 bits per heavy atom. The Morgan fingerprint density at radius 2 is 0.938 bits per heavy atom. The van der Waals surface area contributed by atoms with E-state index in [1.807, 2.05) is 0 Å². The van der Waals surface area contributed by atoms with E-state index in [1.54, 1.807) is 0 Å². The van der Waals surface area contributed by atoms with Gasteiger partial charge in [0.1, 0.15) is 11.5 Å². The third-order valence-electron chi connectivity index (χ3n) is 13.7. The fourth-order valence-corrected chi connectivity index (χ4v) is 12.5. The molecule has 1 aliphatic heterocycles. The molecule has 48 heavy (non-hydrogen) atoms. The molecule has 0 aromatic heterocycles. The number of ether oxygens (including phenoxy) is 1. The largest absolute Gasteiger partial charge is 0.457 e. The molecule has 1 heterocycles. The summed E-state index contributed by atoms with van der Waals surface area (Å²) in [6.45, 7) is 0. The molecule has 0 atom stereocenters. The van der Waals surface area contributed by atoms with Crippen molar-refractivity contribution in [3.05, 3.63) is 167 Å². The molecule has 4 bridgehead atoms. The van der Waals surface area contributed by atoms with Crippen molar-refractivity contribution in [3.63, 3.8) is 0 Å². The van der Waals surface area contributed by atoms with E-state index in [0.717, 1.165) is 23.3 Å². The Bertz CT molecular complexity index is 2280. The maximum absolute atomic E-state index is 6.80. The van der Waals surface area contributed by atoms with E-state index in [0.29, 0.717) is 11.8 Å². The van der Waals surface area contributed by atoms with Crippen LogP contribution in [-0.4, -0.2) is 0 Å². The number of hydrogen-bond acceptors (Lipinski definition) is 1. The van der Waals surface area contributed by atoms with Crippen LogP contribution in [0.4, 0.5) is 0 Å². The summed E-state index contributed by atoms with van der Waals surface area (Å²) >= 11 is 0. The molecular weight excluding hydrogens is 581 g/mol. The first-order valence-corrected chi connectivity index (χ1v) is 18.1. The van der Waals surface area contributed by atoms with Crippen molar-refractivity contribution in [1.29, 1.82) is 0 Å². The minimum absolute atomic E-state index is 0.0357. The molecule has 6 aromatic carbocycles. The summed E-state index contributed by atoms with van der Waals surface area (Å²) in [5.74, 6) is 5.34. The van der Waals surface area contributed by atoms with E-state index in [2.05, 4.69) is 133 Å². The molecule has 7 aliphatic rings. The van der Waals surface area contributed by atoms with E-state index in [1.165, 1.54) is 98.9 Å². The minimum atomic E-state index is -0.325. The van der Waals surface area contributed by atoms with Crippen LogP contribution >= 0.6 is 0 Å². The predicted octanol–water partition coefficient (Wildman–Crippen LogP) is 11.5. The second kappa shape index (κ2) is 8.97. The van der Waals surface area contributed by atoms with Gasteiger partial charge in [-0.2, -0.15) is 0 Å². The smallest absolute Gasteiger partial charge is 0.131 e. The van der Waals surface area contributed by atoms with Gasteiger partial charge in [0.15, 0.2) is 0 Å². The van der Waals surface area contributed by atoms with Gasteiger partial charge in [0.05, 0.1) is 5.41 Å². The maximum Gasteiger partial charge on any atom is 0.131 e. The van der Waals surface area contributed by atoms with Gasteiger partial charge in [-0.15, -0.1) is 0 Å². The number of hydrogen-bond donors (Lipinski definition) is 0. The molecule has 6 aliphatic carbocycles. The average molecular weight is 617 g/mol. The first-order valence-electron chi connectivity index (χ1n) is 18.1. The predicted molar refractivity (Wildman–Crippen MR) is 193 cm³/mol. The summed E-state index contributed by atoms with van der Waals surface area (Å²) in [6, 6.07) is 50.8. The third kappa shape index (κ3) is 2.94. The Labute approximate surface area is 282 Å². The summed E-state index contributed by atoms with van der Waals surface area (Å²) in [5, 5.41) is 0. The van der Waals surface area contributed by atoms with Crippen LogP contribution in [0.3, 0.4) is 0 Å². The first-order chi connectivity index (χ1) is 23.8. The Hall–Kier alpha value is -4.88. The van der Waals surface area contributed by atoms with Crippen molar-refractivity contribution in [2.24, 2.45) is 23.7 Å². The normalized spacial score (nSPS) is 26.8. The average Bonchev–Trinajstić information content (AvgIpc) is 3.60. The summed E-state index contributed by atoms with van der Waals surface area (Å²) < 4.78 is 6.80. The summed E-state index contributed by atoms with van der Waals surface area (Å²) in [5.41, 5.74) is 16.3. The van der Waals surface area contributed by atoms with E-state index in [-0.39, 0.29) is 10.8 Å². The van der Waals surface area contributed by atoms with Crippen molar-refractivity contribution in [2.45, 2.75) is 42.9 Å². The van der Waals surface area contributed by atoms with Gasteiger partial charge >= 0.3 is 0 Å². The molecule has 0 unspecified atom stereocenters. The molecule has 4 fully saturated rings. The van der Waals surface area contributed by atoms with Gasteiger partial charge < -0.3 is 4.74 Å². The molecule has 0 saturated heterocycles. The molecule has 0 amide bonds. The number of para-hydroxylation sites is 1. The zero-order valence-electron chi connectivity index (χ0n) is 27.0. The van der Waals surface area contributed by atoms with Crippen molar-refractivity contribution in [3.8, 4) is 44.9 Å². The lowest BCUT2D eigenvalue weighted by molar-refractivity contribution is -0.0452. The lowest BCUT2D eigenvalue weighted by atomic mass is 9.41. The van der Waals surface area contributed by atoms with Crippen LogP contribution in [0.25, 0.3) is 33.4 Å². The molecule has 13 rings (SSSR count). The van der Waals surface area contributed by atoms with Gasteiger partial charge in [-0.3, -0.25) is 0 Å². The molecule has 2 spiro atoms. The molecule has 4 saturated carbocycles. The molecule has 0 radical (unpaired) electrons. The lowest BCUT2D eigenvalue weighted by Crippen LogP contribution is -2.56. The fourth-order valence-electron chi connectivity index (χ4n) is 12.5. The molecule has 1 heteroatoms. The third-order valence-corrected chi connectivity index (χ3v) is 13.7. The Kier molecular flexibility index (Phi) is 4.88. The monoisotopic (exact) mass is 616 g/mol. The molecule has 230 valence electrons. The van der Waals surface area contributed by atoms with Gasteiger partial charge in [-0.05, 0) is 130 Å². The zero-order chi connectivity index (χ0) is 31.2. The Morgan fingerprint density at radius 3 is 1.62 bits per heavy atom. The van der Waals surface area contributed by atoms with Gasteiger partial charge in [0.25, 0.3) is 0 Å². The van der Waals surface area contributed by atoms with Crippen LogP contribution in [0.2, 0.25) is 0 Å². The van der Waals surface area contributed by atoms with E-state index < -0.39 is 0 Å². The lowest BCUT2D eigenvalue weighted by Gasteiger charge is -2.63. The zero-order valence-corrected chi connectivity index (χ0v) is 27.0. The van der Waals surface area contributed by atoms with Crippen LogP contribution in [-0.2, 0) is 10.8 Å². The molecule has 1 nitrogen and oxygen atoms in total. The van der Waals surface area contributed by atoms with Gasteiger partial charge in [0.2, 0.25) is 0 Å². The van der Waals surface area contributed by atoms with E-state index >= 15 is 0 Å². The highest BCUT2D eigenvalue weighted by Crippen LogP contribution is 2.69. The van der Waals surface area contributed by atoms with Crippen molar-refractivity contribution in [2.75, 3.05) is 0 Å². The standard InChI is InChI=1S/C47H36O/c1-4-14-37-34(10-1)35-11-2-5-15-38(35)47(37)39-16-6-3-12-36(39)45-33(13-9-18-41(45)47)30-20-21-44-42(27-30)46(40-17-7-8-19-43(40)48-44)31-23-28-22-29(25-31)26-32(46)24-28/h1-21,27-29,31-32H,22-26H2. The van der Waals surface area contributed by atoms with E-state index in [4.69, 9.17) is 4.74 Å². The van der Waals surface area contributed by atoms with Crippen LogP contribution in [0, 0.1) is 23.7 Å². The quantitative estimate of drug-likeness (QED) is 0.178. The van der Waals surface area contributed by atoms with Gasteiger partial charge in [-0.25, -0.2) is 0 Å². The highest BCUT2D eigenvalue weighted by molar-refractivity contribution is 6.00. The van der Waals surface area contributed by atoms with Crippen LogP contribution in [0.5, 0.6) is 11.5 Å².